The summed E-state index contributed by atoms with van der Waals surface area (Å²) in [5.74, 6) is -0.499. The molecule has 1 aromatic carbocycles. The van der Waals surface area contributed by atoms with E-state index in [1.54, 1.807) is 32.0 Å². The average Bonchev–Trinajstić information content (AvgIpc) is 2.30. The molecule has 0 radical (unpaired) electrons. The quantitative estimate of drug-likeness (QED) is 0.794. The van der Waals surface area contributed by atoms with Gasteiger partial charge in [0, 0.05) is 4.47 Å². The lowest BCUT2D eigenvalue weighted by molar-refractivity contribution is 0.0600. The van der Waals surface area contributed by atoms with Crippen LogP contribution < -0.4 is 0 Å². The predicted octanol–water partition coefficient (Wildman–Crippen LogP) is 2.56. The van der Waals surface area contributed by atoms with Gasteiger partial charge in [0.15, 0.2) is 9.84 Å². The van der Waals surface area contributed by atoms with Gasteiger partial charge in [0.05, 0.1) is 23.7 Å². The molecule has 0 aliphatic heterocycles. The van der Waals surface area contributed by atoms with Crippen molar-refractivity contribution in [1.29, 1.82) is 0 Å². The smallest absolute Gasteiger partial charge is 0.337 e. The molecule has 0 aliphatic rings. The van der Waals surface area contributed by atoms with Crippen molar-refractivity contribution in [1.82, 2.24) is 0 Å². The van der Waals surface area contributed by atoms with Crippen LogP contribution in [0.3, 0.4) is 0 Å². The molecule has 0 unspecified atom stereocenters. The molecule has 18 heavy (non-hydrogen) atoms. The van der Waals surface area contributed by atoms with Crippen LogP contribution in [0.4, 0.5) is 0 Å². The molecule has 1 rings (SSSR count). The van der Waals surface area contributed by atoms with Crippen molar-refractivity contribution in [2.45, 2.75) is 24.9 Å². The summed E-state index contributed by atoms with van der Waals surface area (Å²) in [5.41, 5.74) is 1.02. The number of benzene rings is 1. The zero-order valence-electron chi connectivity index (χ0n) is 10.4. The van der Waals surface area contributed by atoms with Crippen LogP contribution in [0.1, 0.15) is 29.8 Å². The Morgan fingerprint density at radius 1 is 1.39 bits per heavy atom. The van der Waals surface area contributed by atoms with E-state index in [4.69, 9.17) is 0 Å². The van der Waals surface area contributed by atoms with Gasteiger partial charge >= 0.3 is 5.97 Å². The molecular weight excluding hydrogens is 320 g/mol. The Morgan fingerprint density at radius 2 is 2.00 bits per heavy atom. The van der Waals surface area contributed by atoms with Gasteiger partial charge < -0.3 is 4.74 Å². The van der Waals surface area contributed by atoms with Gasteiger partial charge in [-0.2, -0.15) is 0 Å². The Bertz CT molecular complexity index is 549. The maximum Gasteiger partial charge on any atom is 0.337 e. The minimum absolute atomic E-state index is 0.0489. The lowest BCUT2D eigenvalue weighted by Gasteiger charge is -2.10. The zero-order chi connectivity index (χ0) is 13.9. The van der Waals surface area contributed by atoms with E-state index in [2.05, 4.69) is 20.7 Å². The Morgan fingerprint density at radius 3 is 2.44 bits per heavy atom. The number of ether oxygens (including phenoxy) is 1. The van der Waals surface area contributed by atoms with E-state index in [-0.39, 0.29) is 5.75 Å². The molecule has 4 nitrogen and oxygen atoms in total. The van der Waals surface area contributed by atoms with E-state index in [9.17, 15) is 13.2 Å². The molecule has 0 aliphatic carbocycles. The van der Waals surface area contributed by atoms with E-state index in [1.807, 2.05) is 0 Å². The Kier molecular flexibility index (Phi) is 4.92. The largest absolute Gasteiger partial charge is 0.465 e. The van der Waals surface area contributed by atoms with Crippen LogP contribution in [-0.2, 0) is 20.3 Å². The van der Waals surface area contributed by atoms with E-state index in [0.29, 0.717) is 15.6 Å². The standard InChI is InChI=1S/C12H15BrO4S/c1-8(2)18(15,16)7-10-5-4-9(6-11(10)13)12(14)17-3/h4-6,8H,7H2,1-3H3. The molecule has 6 heteroatoms. The van der Waals surface area contributed by atoms with E-state index in [0.717, 1.165) is 0 Å². The highest BCUT2D eigenvalue weighted by molar-refractivity contribution is 9.10. The Balaban J connectivity index is 3.04. The van der Waals surface area contributed by atoms with Crippen LogP contribution in [0.5, 0.6) is 0 Å². The van der Waals surface area contributed by atoms with Crippen LogP contribution in [0.25, 0.3) is 0 Å². The predicted molar refractivity (Wildman–Crippen MR) is 73.2 cm³/mol. The molecule has 0 fully saturated rings. The molecule has 0 saturated carbocycles. The number of hydrogen-bond acceptors (Lipinski definition) is 4. The summed E-state index contributed by atoms with van der Waals surface area (Å²) in [6.45, 7) is 3.29. The van der Waals surface area contributed by atoms with Gasteiger partial charge in [0.25, 0.3) is 0 Å². The first-order chi connectivity index (χ1) is 8.27. The van der Waals surface area contributed by atoms with E-state index < -0.39 is 21.1 Å². The molecule has 0 saturated heterocycles. The van der Waals surface area contributed by atoms with E-state index in [1.165, 1.54) is 7.11 Å². The molecule has 0 atom stereocenters. The summed E-state index contributed by atoms with van der Waals surface area (Å²) in [4.78, 5) is 11.3. The second-order valence-corrected chi connectivity index (χ2v) is 7.57. The van der Waals surface area contributed by atoms with Crippen LogP contribution in [0, 0.1) is 0 Å². The van der Waals surface area contributed by atoms with Crippen LogP contribution in [0.15, 0.2) is 22.7 Å². The minimum atomic E-state index is -3.16. The van der Waals surface area contributed by atoms with Gasteiger partial charge in [-0.1, -0.05) is 22.0 Å². The monoisotopic (exact) mass is 334 g/mol. The maximum absolute atomic E-state index is 11.8. The zero-order valence-corrected chi connectivity index (χ0v) is 12.8. The number of esters is 1. The molecule has 100 valence electrons. The van der Waals surface area contributed by atoms with Gasteiger partial charge in [0.2, 0.25) is 0 Å². The topological polar surface area (TPSA) is 60.4 Å². The second-order valence-electron chi connectivity index (χ2n) is 4.15. The van der Waals surface area contributed by atoms with Crippen molar-refractivity contribution in [2.24, 2.45) is 0 Å². The summed E-state index contributed by atoms with van der Waals surface area (Å²) in [6, 6.07) is 4.75. The van der Waals surface area contributed by atoms with Crippen LogP contribution in [0.2, 0.25) is 0 Å². The highest BCUT2D eigenvalue weighted by atomic mass is 79.9. The van der Waals surface area contributed by atoms with Crippen molar-refractivity contribution in [3.63, 3.8) is 0 Å². The fraction of sp³-hybridized carbons (Fsp3) is 0.417. The number of carbonyl (C=O) groups is 1. The molecule has 0 amide bonds. The van der Waals surface area contributed by atoms with Gasteiger partial charge in [-0.3, -0.25) is 0 Å². The molecule has 0 aromatic heterocycles. The van der Waals surface area contributed by atoms with Crippen molar-refractivity contribution in [3.8, 4) is 0 Å². The fourth-order valence-electron chi connectivity index (χ4n) is 1.29. The van der Waals surface area contributed by atoms with Gasteiger partial charge in [0.1, 0.15) is 0 Å². The van der Waals surface area contributed by atoms with E-state index >= 15 is 0 Å². The van der Waals surface area contributed by atoms with Gasteiger partial charge in [-0.05, 0) is 31.5 Å². The molecule has 0 spiro atoms. The lowest BCUT2D eigenvalue weighted by atomic mass is 10.1. The number of halogens is 1. The first-order valence-corrected chi connectivity index (χ1v) is 7.87. The number of sulfone groups is 1. The van der Waals surface area contributed by atoms with Crippen LogP contribution in [-0.4, -0.2) is 26.7 Å². The van der Waals surface area contributed by atoms with Crippen molar-refractivity contribution >= 4 is 31.7 Å². The first-order valence-electron chi connectivity index (χ1n) is 5.36. The second kappa shape index (κ2) is 5.84. The third kappa shape index (κ3) is 3.55. The maximum atomic E-state index is 11.8. The van der Waals surface area contributed by atoms with Crippen molar-refractivity contribution in [2.75, 3.05) is 7.11 Å². The third-order valence-electron chi connectivity index (χ3n) is 2.55. The molecular formula is C12H15BrO4S. The number of carbonyl (C=O) groups excluding carboxylic acids is 1. The SMILES string of the molecule is COC(=O)c1ccc(CS(=O)(=O)C(C)C)c(Br)c1. The average molecular weight is 335 g/mol. The highest BCUT2D eigenvalue weighted by Crippen LogP contribution is 2.22. The molecule has 0 heterocycles. The first kappa shape index (κ1) is 15.2. The highest BCUT2D eigenvalue weighted by Gasteiger charge is 2.19. The molecule has 0 bridgehead atoms. The summed E-state index contributed by atoms with van der Waals surface area (Å²) in [6.07, 6.45) is 0. The number of hydrogen-bond donors (Lipinski definition) is 0. The van der Waals surface area contributed by atoms with Crippen LogP contribution >= 0.6 is 15.9 Å². The fourth-order valence-corrected chi connectivity index (χ4v) is 3.02. The summed E-state index contributed by atoms with van der Waals surface area (Å²) >= 11 is 3.27. The summed E-state index contributed by atoms with van der Waals surface area (Å²) in [7, 11) is -1.86. The molecule has 1 aromatic rings. The third-order valence-corrected chi connectivity index (χ3v) is 5.44. The van der Waals surface area contributed by atoms with Crippen molar-refractivity contribution in [3.05, 3.63) is 33.8 Å². The minimum Gasteiger partial charge on any atom is -0.465 e. The summed E-state index contributed by atoms with van der Waals surface area (Å²) in [5, 5.41) is -0.426. The normalized spacial score (nSPS) is 11.6. The Labute approximate surface area is 115 Å². The van der Waals surface area contributed by atoms with Gasteiger partial charge in [-0.25, -0.2) is 13.2 Å². The Hall–Kier alpha value is -0.880. The molecule has 0 N–H and O–H groups in total. The van der Waals surface area contributed by atoms with Gasteiger partial charge in [-0.15, -0.1) is 0 Å². The van der Waals surface area contributed by atoms with Crippen molar-refractivity contribution < 1.29 is 17.9 Å². The summed E-state index contributed by atoms with van der Waals surface area (Å²) < 4.78 is 28.8. The number of methoxy groups -OCH3 is 1. The lowest BCUT2D eigenvalue weighted by Crippen LogP contribution is -2.16. The number of rotatable bonds is 4.